The van der Waals surface area contributed by atoms with Crippen molar-refractivity contribution in [3.63, 3.8) is 0 Å². The lowest BCUT2D eigenvalue weighted by atomic mass is 9.78. The molecule has 2 aromatic carbocycles. The second kappa shape index (κ2) is 12.0. The normalized spacial score (nSPS) is 23.2. The van der Waals surface area contributed by atoms with Gasteiger partial charge in [0, 0.05) is 54.7 Å². The summed E-state index contributed by atoms with van der Waals surface area (Å²) >= 11 is 7.81. The molecule has 0 saturated carbocycles. The molecule has 2 fully saturated rings. The van der Waals surface area contributed by atoms with Crippen molar-refractivity contribution in [2.45, 2.75) is 24.9 Å². The molecule has 204 valence electrons. The van der Waals surface area contributed by atoms with Crippen LogP contribution in [0, 0.1) is 12.8 Å². The minimum atomic E-state index is -0.858. The highest BCUT2D eigenvalue weighted by atomic mass is 35.5. The Labute approximate surface area is 237 Å². The maximum Gasteiger partial charge on any atom is 0.249 e. The molecule has 3 aromatic rings. The highest BCUT2D eigenvalue weighted by Crippen LogP contribution is 2.52. The highest BCUT2D eigenvalue weighted by Gasteiger charge is 2.58. The molecule has 7 nitrogen and oxygen atoms in total. The maximum absolute atomic E-state index is 14.5. The van der Waals surface area contributed by atoms with E-state index >= 15 is 0 Å². The lowest BCUT2D eigenvalue weighted by Gasteiger charge is -2.36. The Kier molecular flexibility index (Phi) is 8.47. The second-order valence-corrected chi connectivity index (χ2v) is 11.5. The van der Waals surface area contributed by atoms with Crippen molar-refractivity contribution in [2.24, 2.45) is 5.92 Å². The second-order valence-electron chi connectivity index (χ2n) is 10.1. The third-order valence-corrected chi connectivity index (χ3v) is 8.78. The molecule has 5 rings (SSSR count). The molecular formula is C30H32ClN3O4S. The molecule has 9 heteroatoms. The Hall–Kier alpha value is -3.04. The summed E-state index contributed by atoms with van der Waals surface area (Å²) in [6.45, 7) is 4.23. The van der Waals surface area contributed by atoms with E-state index in [9.17, 15) is 14.4 Å². The minimum absolute atomic E-state index is 0.140. The zero-order chi connectivity index (χ0) is 27.5. The van der Waals surface area contributed by atoms with Gasteiger partial charge < -0.3 is 19.9 Å². The van der Waals surface area contributed by atoms with Crippen molar-refractivity contribution in [2.75, 3.05) is 39.9 Å². The average molecular weight is 566 g/mol. The van der Waals surface area contributed by atoms with E-state index < -0.39 is 23.9 Å². The Morgan fingerprint density at radius 1 is 1.05 bits per heavy atom. The Morgan fingerprint density at radius 3 is 2.49 bits per heavy atom. The van der Waals surface area contributed by atoms with Gasteiger partial charge in [0.25, 0.3) is 0 Å². The molecule has 3 heterocycles. The van der Waals surface area contributed by atoms with Crippen LogP contribution in [0.3, 0.4) is 0 Å². The number of rotatable bonds is 7. The summed E-state index contributed by atoms with van der Waals surface area (Å²) < 4.78 is 5.29. The van der Waals surface area contributed by atoms with Gasteiger partial charge in [-0.3, -0.25) is 14.4 Å². The van der Waals surface area contributed by atoms with Gasteiger partial charge in [0.1, 0.15) is 12.6 Å². The lowest BCUT2D eigenvalue weighted by Crippen LogP contribution is -2.55. The molecular weight excluding hydrogens is 534 g/mol. The number of amides is 2. The van der Waals surface area contributed by atoms with Crippen LogP contribution < -0.4 is 5.32 Å². The molecule has 39 heavy (non-hydrogen) atoms. The van der Waals surface area contributed by atoms with Crippen LogP contribution in [0.1, 0.15) is 38.3 Å². The number of halogens is 1. The third kappa shape index (κ3) is 5.52. The number of hydrogen-bond acceptors (Lipinski definition) is 6. The standard InChI is InChI=1S/C30H32ClN3O4S/c1-19-6-3-7-20(16-19)27-26(29(36)21-8-4-9-22(31)17-21)25(23-10-5-15-39-23)28(34(27)24(35)18-38-2)30(37)33-13-11-32-12-14-33/h3-10,15-17,25-28,32H,11-14,18H2,1-2H3. The van der Waals surface area contributed by atoms with Crippen LogP contribution >= 0.6 is 22.9 Å². The molecule has 4 atom stereocenters. The SMILES string of the molecule is COCC(=O)N1C(C(=O)N2CCNCC2)C(c2cccs2)C(C(=O)c2cccc(Cl)c2)C1c1cccc(C)c1. The van der Waals surface area contributed by atoms with Crippen molar-refractivity contribution in [3.8, 4) is 0 Å². The number of likely N-dealkylation sites (tertiary alicyclic amines) is 1. The van der Waals surface area contributed by atoms with Crippen LogP contribution in [0.2, 0.25) is 5.02 Å². The first-order valence-electron chi connectivity index (χ1n) is 13.1. The molecule has 0 bridgehead atoms. The minimum Gasteiger partial charge on any atom is -0.375 e. The first-order valence-corrected chi connectivity index (χ1v) is 14.4. The third-order valence-electron chi connectivity index (χ3n) is 7.57. The molecule has 2 amide bonds. The fourth-order valence-electron chi connectivity index (χ4n) is 5.94. The summed E-state index contributed by atoms with van der Waals surface area (Å²) in [4.78, 5) is 47.1. The van der Waals surface area contributed by atoms with Crippen LogP contribution in [0.25, 0.3) is 0 Å². The first kappa shape index (κ1) is 27.5. The van der Waals surface area contributed by atoms with Crippen molar-refractivity contribution >= 4 is 40.5 Å². The first-order chi connectivity index (χ1) is 18.9. The van der Waals surface area contributed by atoms with Gasteiger partial charge in [-0.25, -0.2) is 0 Å². The molecule has 1 aromatic heterocycles. The number of carbonyl (C=O) groups is 3. The number of nitrogens with one attached hydrogen (secondary N) is 1. The summed E-state index contributed by atoms with van der Waals surface area (Å²) in [7, 11) is 1.47. The Morgan fingerprint density at radius 2 is 1.82 bits per heavy atom. The molecule has 0 spiro atoms. The van der Waals surface area contributed by atoms with Crippen LogP contribution in [0.4, 0.5) is 0 Å². The topological polar surface area (TPSA) is 79.0 Å². The molecule has 2 aliphatic heterocycles. The van der Waals surface area contributed by atoms with E-state index in [0.29, 0.717) is 36.8 Å². The van der Waals surface area contributed by atoms with Gasteiger partial charge in [-0.1, -0.05) is 59.6 Å². The Balaban J connectivity index is 1.73. The summed E-state index contributed by atoms with van der Waals surface area (Å²) in [5, 5.41) is 5.69. The maximum atomic E-state index is 14.5. The average Bonchev–Trinajstić information content (AvgIpc) is 3.59. The summed E-state index contributed by atoms with van der Waals surface area (Å²) in [6, 6.07) is 17.1. The van der Waals surface area contributed by atoms with E-state index in [1.165, 1.54) is 18.4 Å². The van der Waals surface area contributed by atoms with E-state index in [1.807, 2.05) is 53.6 Å². The van der Waals surface area contributed by atoms with Crippen LogP contribution in [0.5, 0.6) is 0 Å². The van der Waals surface area contributed by atoms with Crippen molar-refractivity contribution in [3.05, 3.63) is 92.6 Å². The van der Waals surface area contributed by atoms with Gasteiger partial charge in [0.05, 0.1) is 12.0 Å². The van der Waals surface area contributed by atoms with Crippen LogP contribution in [0.15, 0.2) is 66.0 Å². The Bertz CT molecular complexity index is 1340. The number of nitrogens with zero attached hydrogens (tertiary/aromatic N) is 2. The predicted molar refractivity (Wildman–Crippen MR) is 152 cm³/mol. The number of aryl methyl sites for hydroxylation is 1. The van der Waals surface area contributed by atoms with Crippen molar-refractivity contribution in [1.82, 2.24) is 15.1 Å². The monoisotopic (exact) mass is 565 g/mol. The molecule has 0 aliphatic carbocycles. The number of ketones is 1. The van der Waals surface area contributed by atoms with Gasteiger partial charge in [-0.05, 0) is 36.1 Å². The van der Waals surface area contributed by atoms with Gasteiger partial charge >= 0.3 is 0 Å². The van der Waals surface area contributed by atoms with E-state index in [2.05, 4.69) is 5.32 Å². The zero-order valence-electron chi connectivity index (χ0n) is 22.0. The van der Waals surface area contributed by atoms with Crippen LogP contribution in [-0.2, 0) is 14.3 Å². The molecule has 4 unspecified atom stereocenters. The van der Waals surface area contributed by atoms with E-state index in [1.54, 1.807) is 29.2 Å². The molecule has 1 N–H and O–H groups in total. The fourth-order valence-corrected chi connectivity index (χ4v) is 7.04. The zero-order valence-corrected chi connectivity index (χ0v) is 23.6. The number of thiophene rings is 1. The number of methoxy groups -OCH3 is 1. The summed E-state index contributed by atoms with van der Waals surface area (Å²) in [6.07, 6.45) is 0. The number of Topliss-reactive ketones (excluding diaryl/α,β-unsaturated/α-hetero) is 1. The fraction of sp³-hybridized carbons (Fsp3) is 0.367. The smallest absolute Gasteiger partial charge is 0.249 e. The van der Waals surface area contributed by atoms with E-state index in [4.69, 9.17) is 16.3 Å². The van der Waals surface area contributed by atoms with Gasteiger partial charge in [-0.2, -0.15) is 0 Å². The number of carbonyl (C=O) groups excluding carboxylic acids is 3. The van der Waals surface area contributed by atoms with Crippen LogP contribution in [-0.4, -0.2) is 73.3 Å². The molecule has 0 radical (unpaired) electrons. The van der Waals surface area contributed by atoms with E-state index in [-0.39, 0.29) is 24.2 Å². The number of hydrogen-bond donors (Lipinski definition) is 1. The number of benzene rings is 2. The van der Waals surface area contributed by atoms with Crippen molar-refractivity contribution < 1.29 is 19.1 Å². The summed E-state index contributed by atoms with van der Waals surface area (Å²) in [5.41, 5.74) is 2.28. The molecule has 2 saturated heterocycles. The molecule has 2 aliphatic rings. The predicted octanol–water partition coefficient (Wildman–Crippen LogP) is 4.32. The van der Waals surface area contributed by atoms with Gasteiger partial charge in [0.15, 0.2) is 5.78 Å². The summed E-state index contributed by atoms with van der Waals surface area (Å²) in [5.74, 6) is -1.85. The van der Waals surface area contributed by atoms with Gasteiger partial charge in [-0.15, -0.1) is 11.3 Å². The number of ether oxygens (including phenoxy) is 1. The largest absolute Gasteiger partial charge is 0.375 e. The number of piperazine rings is 1. The highest BCUT2D eigenvalue weighted by molar-refractivity contribution is 7.10. The lowest BCUT2D eigenvalue weighted by molar-refractivity contribution is -0.148. The van der Waals surface area contributed by atoms with Crippen molar-refractivity contribution in [1.29, 1.82) is 0 Å². The quantitative estimate of drug-likeness (QED) is 0.432. The van der Waals surface area contributed by atoms with Gasteiger partial charge in [0.2, 0.25) is 11.8 Å². The van der Waals surface area contributed by atoms with E-state index in [0.717, 1.165) is 16.0 Å².